The number of rotatable bonds is 6. The zero-order valence-corrected chi connectivity index (χ0v) is 17.9. The first-order valence-electron chi connectivity index (χ1n) is 9.60. The van der Waals surface area contributed by atoms with Gasteiger partial charge in [-0.2, -0.15) is 0 Å². The minimum Gasteiger partial charge on any atom is -0.283 e. The highest BCUT2D eigenvalue weighted by Gasteiger charge is 2.29. The lowest BCUT2D eigenvalue weighted by molar-refractivity contribution is 0.586. The van der Waals surface area contributed by atoms with Gasteiger partial charge in [0.2, 0.25) is 10.0 Å². The fourth-order valence-corrected chi connectivity index (χ4v) is 6.33. The number of hydrogen-bond donors (Lipinski definition) is 1. The van der Waals surface area contributed by atoms with Crippen molar-refractivity contribution in [3.05, 3.63) is 90.0 Å². The predicted octanol–water partition coefficient (Wildman–Crippen LogP) is 3.77. The van der Waals surface area contributed by atoms with Crippen LogP contribution in [0, 0.1) is 0 Å². The number of fused-ring (bicyclic) bond motifs is 1. The lowest BCUT2D eigenvalue weighted by Crippen LogP contribution is -2.35. The lowest BCUT2D eigenvalue weighted by Gasteiger charge is -2.31. The largest absolute Gasteiger partial charge is 0.283 e. The molecule has 0 fully saturated rings. The second kappa shape index (κ2) is 8.12. The number of benzene rings is 3. The quantitative estimate of drug-likeness (QED) is 0.630. The summed E-state index contributed by atoms with van der Waals surface area (Å²) in [7, 11) is -7.37. The Balaban J connectivity index is 1.64. The van der Waals surface area contributed by atoms with Gasteiger partial charge in [-0.1, -0.05) is 54.6 Å². The molecule has 0 spiro atoms. The van der Waals surface area contributed by atoms with Crippen LogP contribution in [0.4, 0.5) is 11.4 Å². The van der Waals surface area contributed by atoms with Crippen molar-refractivity contribution in [2.45, 2.75) is 23.5 Å². The topological polar surface area (TPSA) is 83.6 Å². The molecule has 0 atom stereocenters. The van der Waals surface area contributed by atoms with Crippen LogP contribution in [0.25, 0.3) is 0 Å². The van der Waals surface area contributed by atoms with Crippen molar-refractivity contribution in [2.24, 2.45) is 0 Å². The third-order valence-electron chi connectivity index (χ3n) is 4.97. The number of hydrogen-bond acceptors (Lipinski definition) is 4. The average molecular weight is 443 g/mol. The minimum atomic E-state index is -3.73. The minimum absolute atomic E-state index is 0.156. The van der Waals surface area contributed by atoms with Crippen molar-refractivity contribution in [3.8, 4) is 0 Å². The average Bonchev–Trinajstić information content (AvgIpc) is 2.74. The third kappa shape index (κ3) is 4.34. The SMILES string of the molecule is O=S(=O)(Cc1ccccc1)Nc1ccc2c(c1)N(S(=O)(=O)c1ccccc1)CCC2. The molecule has 156 valence electrons. The highest BCUT2D eigenvalue weighted by Crippen LogP contribution is 2.34. The molecule has 0 aromatic heterocycles. The smallest absolute Gasteiger partial charge is 0.264 e. The van der Waals surface area contributed by atoms with Gasteiger partial charge in [0, 0.05) is 6.54 Å². The molecule has 0 amide bonds. The van der Waals surface area contributed by atoms with Crippen molar-refractivity contribution < 1.29 is 16.8 Å². The molecule has 1 aliphatic rings. The molecule has 0 unspecified atom stereocenters. The van der Waals surface area contributed by atoms with Crippen LogP contribution >= 0.6 is 0 Å². The first-order valence-corrected chi connectivity index (χ1v) is 12.7. The van der Waals surface area contributed by atoms with Crippen molar-refractivity contribution >= 4 is 31.4 Å². The van der Waals surface area contributed by atoms with E-state index in [0.29, 0.717) is 29.9 Å². The molecule has 4 rings (SSSR count). The van der Waals surface area contributed by atoms with E-state index in [1.54, 1.807) is 72.8 Å². The van der Waals surface area contributed by atoms with E-state index in [4.69, 9.17) is 0 Å². The molecule has 1 heterocycles. The number of nitrogens with one attached hydrogen (secondary N) is 1. The highest BCUT2D eigenvalue weighted by atomic mass is 32.2. The molecular formula is C22H22N2O4S2. The second-order valence-corrected chi connectivity index (χ2v) is 10.8. The van der Waals surface area contributed by atoms with Crippen LogP contribution in [-0.4, -0.2) is 23.4 Å². The van der Waals surface area contributed by atoms with Gasteiger partial charge >= 0.3 is 0 Å². The van der Waals surface area contributed by atoms with Crippen LogP contribution in [0.5, 0.6) is 0 Å². The highest BCUT2D eigenvalue weighted by molar-refractivity contribution is 7.93. The van der Waals surface area contributed by atoms with Gasteiger partial charge in [0.1, 0.15) is 0 Å². The number of sulfonamides is 2. The Morgan fingerprint density at radius 2 is 1.50 bits per heavy atom. The number of nitrogens with zero attached hydrogens (tertiary/aromatic N) is 1. The van der Waals surface area contributed by atoms with Crippen LogP contribution in [-0.2, 0) is 32.2 Å². The van der Waals surface area contributed by atoms with Crippen LogP contribution in [0.15, 0.2) is 83.8 Å². The van der Waals surface area contributed by atoms with Crippen LogP contribution < -0.4 is 9.03 Å². The van der Waals surface area contributed by atoms with E-state index < -0.39 is 20.0 Å². The summed E-state index contributed by atoms with van der Waals surface area (Å²) in [6.07, 6.45) is 1.45. The molecule has 0 radical (unpaired) electrons. The van der Waals surface area contributed by atoms with Gasteiger partial charge in [0.25, 0.3) is 10.0 Å². The summed E-state index contributed by atoms with van der Waals surface area (Å²) in [5.41, 5.74) is 2.42. The van der Waals surface area contributed by atoms with Gasteiger partial charge in [-0.15, -0.1) is 0 Å². The molecule has 0 saturated heterocycles. The first-order chi connectivity index (χ1) is 14.4. The van der Waals surface area contributed by atoms with E-state index in [9.17, 15) is 16.8 Å². The number of aryl methyl sites for hydroxylation is 1. The van der Waals surface area contributed by atoms with E-state index in [0.717, 1.165) is 12.0 Å². The van der Waals surface area contributed by atoms with Gasteiger partial charge in [-0.05, 0) is 48.2 Å². The van der Waals surface area contributed by atoms with Gasteiger partial charge in [0.05, 0.1) is 22.0 Å². The molecule has 0 bridgehead atoms. The molecule has 8 heteroatoms. The molecule has 1 aliphatic heterocycles. The summed E-state index contributed by atoms with van der Waals surface area (Å²) < 4.78 is 55.5. The first kappa shape index (κ1) is 20.4. The summed E-state index contributed by atoms with van der Waals surface area (Å²) in [6, 6.07) is 22.3. The van der Waals surface area contributed by atoms with Crippen molar-refractivity contribution in [3.63, 3.8) is 0 Å². The monoisotopic (exact) mass is 442 g/mol. The summed E-state index contributed by atoms with van der Waals surface area (Å²) in [6.45, 7) is 0.352. The Labute approximate surface area is 177 Å². The molecule has 0 saturated carbocycles. The van der Waals surface area contributed by atoms with E-state index in [-0.39, 0.29) is 10.6 Å². The standard InChI is InChI=1S/C22H22N2O4S2/c25-29(26,17-18-8-3-1-4-9-18)23-20-14-13-19-10-7-15-24(22(19)16-20)30(27,28)21-11-5-2-6-12-21/h1-6,8-9,11-14,16,23H,7,10,15,17H2. The zero-order valence-electron chi connectivity index (χ0n) is 16.2. The maximum atomic E-state index is 13.2. The van der Waals surface area contributed by atoms with Crippen molar-refractivity contribution in [2.75, 3.05) is 15.6 Å². The maximum Gasteiger partial charge on any atom is 0.264 e. The summed E-state index contributed by atoms with van der Waals surface area (Å²) in [5.74, 6) is -0.156. The Kier molecular flexibility index (Phi) is 5.53. The second-order valence-electron chi connectivity index (χ2n) is 7.18. The van der Waals surface area contributed by atoms with E-state index in [1.807, 2.05) is 6.07 Å². The Morgan fingerprint density at radius 1 is 0.833 bits per heavy atom. The lowest BCUT2D eigenvalue weighted by atomic mass is 10.0. The normalized spacial score (nSPS) is 14.2. The van der Waals surface area contributed by atoms with Crippen molar-refractivity contribution in [1.82, 2.24) is 0 Å². The summed E-state index contributed by atoms with van der Waals surface area (Å²) >= 11 is 0. The molecule has 0 aliphatic carbocycles. The molecule has 30 heavy (non-hydrogen) atoms. The Bertz CT molecular complexity index is 1240. The molecule has 3 aromatic carbocycles. The molecule has 3 aromatic rings. The maximum absolute atomic E-state index is 13.2. The molecule has 1 N–H and O–H groups in total. The van der Waals surface area contributed by atoms with Crippen LogP contribution in [0.1, 0.15) is 17.5 Å². The molecule has 6 nitrogen and oxygen atoms in total. The van der Waals surface area contributed by atoms with Crippen LogP contribution in [0.2, 0.25) is 0 Å². The number of anilines is 2. The fourth-order valence-electron chi connectivity index (χ4n) is 3.58. The fraction of sp³-hybridized carbons (Fsp3) is 0.182. The Hall–Kier alpha value is -2.84. The summed E-state index contributed by atoms with van der Waals surface area (Å²) in [5, 5.41) is 0. The van der Waals surface area contributed by atoms with E-state index in [1.165, 1.54) is 4.31 Å². The van der Waals surface area contributed by atoms with Gasteiger partial charge < -0.3 is 0 Å². The predicted molar refractivity (Wildman–Crippen MR) is 118 cm³/mol. The summed E-state index contributed by atoms with van der Waals surface area (Å²) in [4.78, 5) is 0.216. The van der Waals surface area contributed by atoms with Gasteiger partial charge in [-0.25, -0.2) is 16.8 Å². The Morgan fingerprint density at radius 3 is 2.20 bits per heavy atom. The van der Waals surface area contributed by atoms with Crippen molar-refractivity contribution in [1.29, 1.82) is 0 Å². The van der Waals surface area contributed by atoms with Gasteiger partial charge in [-0.3, -0.25) is 9.03 Å². The zero-order chi connectivity index (χ0) is 21.2. The van der Waals surface area contributed by atoms with Crippen LogP contribution in [0.3, 0.4) is 0 Å². The van der Waals surface area contributed by atoms with Gasteiger partial charge in [0.15, 0.2) is 0 Å². The molecular weight excluding hydrogens is 420 g/mol. The van der Waals surface area contributed by atoms with E-state index in [2.05, 4.69) is 4.72 Å². The third-order valence-corrected chi connectivity index (χ3v) is 8.05. The van der Waals surface area contributed by atoms with E-state index >= 15 is 0 Å².